The summed E-state index contributed by atoms with van der Waals surface area (Å²) in [6.07, 6.45) is -4.43. The SMILES string of the molecule is CC[C@H](C)[C@@H]1NC(=O)[C@H](CC(C)C)N(C)C(=O)C[C@@H](C)N(C)C(=O)[C@H](CC(C)C)NC(=O)C(C)(C)N(C)C(=O)[C@H](CC(C)C)NC(=O)[C@H](CCc2ccc(C(F)(F)F)c(Cl)c2)NC(=O)CN(C)C(=O)[C@H](Cc2ccc(C)cc2)N(C)C(=O)[C@@H]2CCN2C(=O)CN(C)C1=O. The van der Waals surface area contributed by atoms with Crippen molar-refractivity contribution in [3.05, 3.63) is 69.7 Å². The topological polar surface area (TPSA) is 259 Å². The van der Waals surface area contributed by atoms with Crippen molar-refractivity contribution in [2.75, 3.05) is 61.9 Å². The van der Waals surface area contributed by atoms with E-state index >= 15 is 0 Å². The number of carbonyl (C=O) groups is 11. The monoisotopic (exact) mass is 1330 g/mol. The molecular weight excluding hydrogens is 1230 g/mol. The number of nitrogens with one attached hydrogen (secondary N) is 4. The summed E-state index contributed by atoms with van der Waals surface area (Å²) < 4.78 is 41.3. The molecule has 4 rings (SSSR count). The Morgan fingerprint density at radius 3 is 1.70 bits per heavy atom. The molecule has 0 radical (unpaired) electrons. The lowest BCUT2D eigenvalue weighted by Gasteiger charge is -2.43. The van der Waals surface area contributed by atoms with Crippen LogP contribution in [0, 0.1) is 30.6 Å². The van der Waals surface area contributed by atoms with Gasteiger partial charge in [0.25, 0.3) is 0 Å². The van der Waals surface area contributed by atoms with E-state index in [2.05, 4.69) is 21.3 Å². The predicted octanol–water partition coefficient (Wildman–Crippen LogP) is 5.63. The molecule has 4 N–H and O–H groups in total. The minimum absolute atomic E-state index is 0.0175. The van der Waals surface area contributed by atoms with E-state index in [1.54, 1.807) is 39.8 Å². The Balaban J connectivity index is 1.85. The average molecular weight is 1330 g/mol. The normalized spacial score (nSPS) is 24.7. The smallest absolute Gasteiger partial charge is 0.343 e. The van der Waals surface area contributed by atoms with E-state index in [0.717, 1.165) is 27.5 Å². The summed E-state index contributed by atoms with van der Waals surface area (Å²) in [5, 5.41) is 10.6. The van der Waals surface area contributed by atoms with Gasteiger partial charge in [0.1, 0.15) is 47.8 Å². The second-order valence-corrected chi connectivity index (χ2v) is 27.6. The van der Waals surface area contributed by atoms with Crippen LogP contribution in [0.1, 0.15) is 143 Å². The summed E-state index contributed by atoms with van der Waals surface area (Å²) in [5.41, 5.74) is -0.955. The van der Waals surface area contributed by atoms with E-state index in [-0.39, 0.29) is 81.2 Å². The van der Waals surface area contributed by atoms with E-state index in [9.17, 15) is 65.9 Å². The quantitative estimate of drug-likeness (QED) is 0.191. The van der Waals surface area contributed by atoms with Gasteiger partial charge in [-0.05, 0) is 113 Å². The molecule has 0 bridgehead atoms. The van der Waals surface area contributed by atoms with E-state index in [1.807, 2.05) is 53.7 Å². The number of halogens is 4. The number of likely N-dealkylation sites (N-methyl/N-ethyl adjacent to an activating group) is 6. The molecule has 0 unspecified atom stereocenters. The maximum atomic E-state index is 14.8. The number of alkyl halides is 3. The third-order valence-corrected chi connectivity index (χ3v) is 18.3. The fraction of sp³-hybridized carbons (Fsp3) is 0.657. The van der Waals surface area contributed by atoms with Crippen LogP contribution in [0.2, 0.25) is 5.02 Å². The van der Waals surface area contributed by atoms with Crippen LogP contribution in [0.3, 0.4) is 0 Å². The van der Waals surface area contributed by atoms with Crippen molar-refractivity contribution in [1.82, 2.24) is 55.6 Å². The highest BCUT2D eigenvalue weighted by Crippen LogP contribution is 2.35. The number of hydrogen-bond acceptors (Lipinski definition) is 11. The molecular formula is C67H101ClF3N11O11. The van der Waals surface area contributed by atoms with Crippen LogP contribution in [0.4, 0.5) is 13.2 Å². The number of nitrogens with zero attached hydrogens (tertiary/aromatic N) is 7. The molecule has 26 heteroatoms. The van der Waals surface area contributed by atoms with E-state index in [0.29, 0.717) is 12.0 Å². The summed E-state index contributed by atoms with van der Waals surface area (Å²) in [5.74, 6) is -8.35. The van der Waals surface area contributed by atoms with Gasteiger partial charge in [-0.1, -0.05) is 109 Å². The van der Waals surface area contributed by atoms with Crippen LogP contribution in [0.15, 0.2) is 42.5 Å². The summed E-state index contributed by atoms with van der Waals surface area (Å²) in [6, 6.07) is 0.964. The van der Waals surface area contributed by atoms with Gasteiger partial charge in [0.2, 0.25) is 65.0 Å². The number of amides is 11. The molecule has 2 aliphatic heterocycles. The van der Waals surface area contributed by atoms with Gasteiger partial charge in [-0.15, -0.1) is 0 Å². The molecule has 93 heavy (non-hydrogen) atoms. The Bertz CT molecular complexity index is 3020. The zero-order valence-electron chi connectivity index (χ0n) is 57.6. The molecule has 2 aromatic carbocycles. The fourth-order valence-corrected chi connectivity index (χ4v) is 11.5. The maximum Gasteiger partial charge on any atom is 0.417 e. The fourth-order valence-electron chi connectivity index (χ4n) is 11.2. The van der Waals surface area contributed by atoms with Crippen LogP contribution in [-0.4, -0.2) is 215 Å². The number of rotatable bonds is 13. The number of benzene rings is 2. The third-order valence-electron chi connectivity index (χ3n) is 18.0. The lowest BCUT2D eigenvalue weighted by atomic mass is 9.95. The van der Waals surface area contributed by atoms with Crippen molar-refractivity contribution < 1.29 is 65.9 Å². The van der Waals surface area contributed by atoms with Gasteiger partial charge < -0.3 is 55.6 Å². The minimum atomic E-state index is -4.77. The van der Waals surface area contributed by atoms with Crippen molar-refractivity contribution in [2.45, 2.75) is 201 Å². The van der Waals surface area contributed by atoms with Crippen LogP contribution in [-0.2, 0) is 71.8 Å². The van der Waals surface area contributed by atoms with Crippen LogP contribution in [0.25, 0.3) is 0 Å². The molecule has 0 aromatic heterocycles. The Morgan fingerprint density at radius 1 is 0.613 bits per heavy atom. The molecule has 2 heterocycles. The lowest BCUT2D eigenvalue weighted by molar-refractivity contribution is -0.157. The molecule has 0 spiro atoms. The standard InChI is InChI=1S/C67H101ClF3N11O11/c1-19-42(9)57-64(92)77(14)37-56(85)82-29-28-51(82)63(91)80(17)53(35-45-22-20-41(8)21-23-45)62(90)76(13)36-54(83)72-48(27-25-44-24-26-46(47(68)34-44)67(69,70)71)58(86)73-50(31-39(4)5)61(89)81(18)66(11,12)65(93)74-49(30-38(2)3)60(88)78(15)43(10)33-55(84)79(16)52(32-40(6)7)59(87)75-57/h20-24,26,34,38-40,42-43,48-53,57H,19,25,27-33,35-37H2,1-18H3,(H,72,83)(H,73,86)(H,74,93)(H,75,87)/t42-,43+,48-,49-,50-,51-,52-,53-,57-/m0/s1. The summed E-state index contributed by atoms with van der Waals surface area (Å²) >= 11 is 6.10. The van der Waals surface area contributed by atoms with Crippen LogP contribution in [0.5, 0.6) is 0 Å². The lowest BCUT2D eigenvalue weighted by Crippen LogP contribution is -2.63. The van der Waals surface area contributed by atoms with Crippen molar-refractivity contribution >= 4 is 76.6 Å². The number of aryl methyl sites for hydroxylation is 2. The van der Waals surface area contributed by atoms with Crippen LogP contribution >= 0.6 is 11.6 Å². The maximum absolute atomic E-state index is 14.8. The second kappa shape index (κ2) is 33.7. The Morgan fingerprint density at radius 2 is 1.17 bits per heavy atom. The molecule has 9 atom stereocenters. The zero-order chi connectivity index (χ0) is 70.5. The van der Waals surface area contributed by atoms with Gasteiger partial charge >= 0.3 is 6.18 Å². The van der Waals surface area contributed by atoms with Crippen molar-refractivity contribution in [2.24, 2.45) is 23.7 Å². The number of hydrogen-bond donors (Lipinski definition) is 4. The molecule has 2 aliphatic rings. The first-order valence-corrected chi connectivity index (χ1v) is 32.5. The van der Waals surface area contributed by atoms with E-state index < -0.39 is 155 Å². The largest absolute Gasteiger partial charge is 0.417 e. The third kappa shape index (κ3) is 21.1. The van der Waals surface area contributed by atoms with Gasteiger partial charge in [-0.25, -0.2) is 0 Å². The highest BCUT2D eigenvalue weighted by atomic mass is 35.5. The number of carbonyl (C=O) groups excluding carboxylic acids is 11. The first-order valence-electron chi connectivity index (χ1n) is 32.1. The zero-order valence-corrected chi connectivity index (χ0v) is 58.3. The van der Waals surface area contributed by atoms with E-state index in [1.165, 1.54) is 86.7 Å². The van der Waals surface area contributed by atoms with Crippen molar-refractivity contribution in [3.8, 4) is 0 Å². The van der Waals surface area contributed by atoms with Gasteiger partial charge in [0.15, 0.2) is 0 Å². The first kappa shape index (κ1) is 78.1. The highest BCUT2D eigenvalue weighted by molar-refractivity contribution is 6.31. The molecule has 0 saturated carbocycles. The summed E-state index contributed by atoms with van der Waals surface area (Å²) in [6.45, 7) is 20.1. The van der Waals surface area contributed by atoms with Gasteiger partial charge in [0, 0.05) is 67.7 Å². The molecule has 22 nitrogen and oxygen atoms in total. The van der Waals surface area contributed by atoms with Gasteiger partial charge in [-0.3, -0.25) is 52.7 Å². The molecule has 2 saturated heterocycles. The van der Waals surface area contributed by atoms with Gasteiger partial charge in [0.05, 0.1) is 23.7 Å². The minimum Gasteiger partial charge on any atom is -0.343 e. The predicted molar refractivity (Wildman–Crippen MR) is 347 cm³/mol. The Hall–Kier alpha value is -7.31. The van der Waals surface area contributed by atoms with E-state index in [4.69, 9.17) is 11.6 Å². The van der Waals surface area contributed by atoms with Gasteiger partial charge in [-0.2, -0.15) is 13.2 Å². The molecule has 11 amide bonds. The molecule has 2 fully saturated rings. The van der Waals surface area contributed by atoms with Crippen LogP contribution < -0.4 is 21.3 Å². The second-order valence-electron chi connectivity index (χ2n) is 27.2. The molecule has 518 valence electrons. The van der Waals surface area contributed by atoms with Crippen molar-refractivity contribution in [3.63, 3.8) is 0 Å². The number of fused-ring (bicyclic) bond motifs is 1. The summed E-state index contributed by atoms with van der Waals surface area (Å²) in [4.78, 5) is 169. The van der Waals surface area contributed by atoms with Crippen molar-refractivity contribution in [1.29, 1.82) is 0 Å². The Labute approximate surface area is 552 Å². The summed E-state index contributed by atoms with van der Waals surface area (Å²) in [7, 11) is 8.47. The molecule has 2 aromatic rings. The Kier molecular flexibility index (Phi) is 28.3. The first-order chi connectivity index (χ1) is 43.1. The average Bonchev–Trinajstić information content (AvgIpc) is 1.03. The molecule has 0 aliphatic carbocycles. The highest BCUT2D eigenvalue weighted by Gasteiger charge is 2.45.